The molecule has 1 aliphatic heterocycles. The minimum atomic E-state index is -0.361. The van der Waals surface area contributed by atoms with Gasteiger partial charge in [-0.2, -0.15) is 0 Å². The van der Waals surface area contributed by atoms with Crippen molar-refractivity contribution >= 4 is 5.97 Å². The molecule has 0 aliphatic carbocycles. The molecule has 1 atom stereocenters. The van der Waals surface area contributed by atoms with Gasteiger partial charge in [-0.15, -0.1) is 0 Å². The maximum absolute atomic E-state index is 11.2. The predicted octanol–water partition coefficient (Wildman–Crippen LogP) is 0.860. The molecule has 1 aromatic rings. The number of nitrogens with zero attached hydrogens (tertiary/aromatic N) is 1. The molecular weight excluding hydrogens is 220 g/mol. The molecular formula is C12H18N2O3. The van der Waals surface area contributed by atoms with Gasteiger partial charge in [0.2, 0.25) is 0 Å². The van der Waals surface area contributed by atoms with Crippen molar-refractivity contribution in [3.8, 4) is 0 Å². The summed E-state index contributed by atoms with van der Waals surface area (Å²) in [6.45, 7) is 2.84. The zero-order valence-electron chi connectivity index (χ0n) is 10.2. The number of likely N-dealkylation sites (N-methyl/N-ethyl adjacent to an activating group) is 1. The first-order valence-corrected chi connectivity index (χ1v) is 5.76. The molecule has 5 nitrogen and oxygen atoms in total. The lowest BCUT2D eigenvalue weighted by atomic mass is 10.2. The third kappa shape index (κ3) is 3.08. The molecule has 0 spiro atoms. The molecule has 2 rings (SSSR count). The van der Waals surface area contributed by atoms with Gasteiger partial charge in [-0.1, -0.05) is 0 Å². The van der Waals surface area contributed by atoms with Gasteiger partial charge in [0.05, 0.1) is 19.2 Å². The average molecular weight is 238 g/mol. The van der Waals surface area contributed by atoms with E-state index in [1.54, 1.807) is 6.07 Å². The maximum Gasteiger partial charge on any atom is 0.341 e. The predicted molar refractivity (Wildman–Crippen MR) is 62.8 cm³/mol. The van der Waals surface area contributed by atoms with Gasteiger partial charge < -0.3 is 19.4 Å². The first-order valence-electron chi connectivity index (χ1n) is 5.76. The molecule has 1 N–H and O–H groups in total. The molecule has 1 aromatic heterocycles. The van der Waals surface area contributed by atoms with Crippen LogP contribution in [0.15, 0.2) is 16.7 Å². The maximum atomic E-state index is 11.2. The fourth-order valence-electron chi connectivity index (χ4n) is 2.04. The Labute approximate surface area is 101 Å². The van der Waals surface area contributed by atoms with Crippen molar-refractivity contribution in [2.75, 3.05) is 27.2 Å². The van der Waals surface area contributed by atoms with E-state index in [0.29, 0.717) is 18.2 Å². The fourth-order valence-corrected chi connectivity index (χ4v) is 2.04. The van der Waals surface area contributed by atoms with E-state index in [1.165, 1.54) is 13.4 Å². The van der Waals surface area contributed by atoms with Crippen LogP contribution in [0.4, 0.5) is 0 Å². The lowest BCUT2D eigenvalue weighted by molar-refractivity contribution is 0.0600. The third-order valence-corrected chi connectivity index (χ3v) is 3.03. The van der Waals surface area contributed by atoms with Gasteiger partial charge in [0.1, 0.15) is 12.0 Å². The SMILES string of the molecule is COC(=O)c1coc(CNC2CCN(C)C2)c1. The number of methoxy groups -OCH3 is 1. The number of carbonyl (C=O) groups is 1. The Kier molecular flexibility index (Phi) is 3.81. The standard InChI is InChI=1S/C12H18N2O3/c1-14-4-3-10(7-14)13-6-11-5-9(8-17-11)12(15)16-2/h5,8,10,13H,3-4,6-7H2,1-2H3. The molecule has 94 valence electrons. The van der Waals surface area contributed by atoms with Crippen LogP contribution in [0.5, 0.6) is 0 Å². The molecule has 0 saturated carbocycles. The van der Waals surface area contributed by atoms with Gasteiger partial charge in [-0.05, 0) is 26.1 Å². The fraction of sp³-hybridized carbons (Fsp3) is 0.583. The van der Waals surface area contributed by atoms with E-state index in [-0.39, 0.29) is 5.97 Å². The van der Waals surface area contributed by atoms with Gasteiger partial charge in [-0.25, -0.2) is 4.79 Å². The van der Waals surface area contributed by atoms with E-state index >= 15 is 0 Å². The molecule has 5 heteroatoms. The summed E-state index contributed by atoms with van der Waals surface area (Å²) in [5.41, 5.74) is 0.466. The van der Waals surface area contributed by atoms with E-state index in [9.17, 15) is 4.79 Å². The minimum absolute atomic E-state index is 0.361. The molecule has 1 saturated heterocycles. The van der Waals surface area contributed by atoms with Crippen molar-refractivity contribution in [2.24, 2.45) is 0 Å². The van der Waals surface area contributed by atoms with Crippen LogP contribution in [-0.4, -0.2) is 44.2 Å². The summed E-state index contributed by atoms with van der Waals surface area (Å²) >= 11 is 0. The number of furan rings is 1. The molecule has 1 fully saturated rings. The van der Waals surface area contributed by atoms with E-state index in [0.717, 1.165) is 25.3 Å². The summed E-state index contributed by atoms with van der Waals surface area (Å²) in [7, 11) is 3.48. The number of nitrogens with one attached hydrogen (secondary N) is 1. The van der Waals surface area contributed by atoms with Crippen LogP contribution in [0, 0.1) is 0 Å². The van der Waals surface area contributed by atoms with Crippen LogP contribution in [0.3, 0.4) is 0 Å². The number of hydrogen-bond donors (Lipinski definition) is 1. The molecule has 0 amide bonds. The average Bonchev–Trinajstić information content (AvgIpc) is 2.94. The largest absolute Gasteiger partial charge is 0.467 e. The Bertz CT molecular complexity index is 389. The second kappa shape index (κ2) is 5.33. The van der Waals surface area contributed by atoms with Gasteiger partial charge in [0, 0.05) is 12.6 Å². The first-order chi connectivity index (χ1) is 8.19. The molecule has 1 unspecified atom stereocenters. The molecule has 0 radical (unpaired) electrons. The lowest BCUT2D eigenvalue weighted by Crippen LogP contribution is -2.30. The summed E-state index contributed by atoms with van der Waals surface area (Å²) in [6, 6.07) is 2.23. The first kappa shape index (κ1) is 12.1. The molecule has 0 bridgehead atoms. The van der Waals surface area contributed by atoms with Crippen molar-refractivity contribution in [1.82, 2.24) is 10.2 Å². The number of carbonyl (C=O) groups excluding carboxylic acids is 1. The molecule has 1 aliphatic rings. The van der Waals surface area contributed by atoms with Crippen molar-refractivity contribution in [3.05, 3.63) is 23.7 Å². The lowest BCUT2D eigenvalue weighted by Gasteiger charge is -2.11. The Hall–Kier alpha value is -1.33. The van der Waals surface area contributed by atoms with Gasteiger partial charge >= 0.3 is 5.97 Å². The van der Waals surface area contributed by atoms with E-state index in [4.69, 9.17) is 4.42 Å². The summed E-state index contributed by atoms with van der Waals surface area (Å²) in [5, 5.41) is 3.41. The van der Waals surface area contributed by atoms with E-state index in [2.05, 4.69) is 22.0 Å². The number of likely N-dealkylation sites (tertiary alicyclic amines) is 1. The molecule has 2 heterocycles. The van der Waals surface area contributed by atoms with Crippen LogP contribution in [-0.2, 0) is 11.3 Å². The molecule has 0 aromatic carbocycles. The quantitative estimate of drug-likeness (QED) is 0.788. The zero-order valence-corrected chi connectivity index (χ0v) is 10.2. The highest BCUT2D eigenvalue weighted by molar-refractivity contribution is 5.88. The van der Waals surface area contributed by atoms with Crippen LogP contribution in [0.1, 0.15) is 22.5 Å². The molecule has 17 heavy (non-hydrogen) atoms. The Balaban J connectivity index is 1.83. The second-order valence-corrected chi connectivity index (χ2v) is 4.42. The smallest absolute Gasteiger partial charge is 0.341 e. The summed E-state index contributed by atoms with van der Waals surface area (Å²) in [4.78, 5) is 13.5. The number of ether oxygens (including phenoxy) is 1. The topological polar surface area (TPSA) is 54.7 Å². The van der Waals surface area contributed by atoms with Gasteiger partial charge in [0.15, 0.2) is 0 Å². The highest BCUT2D eigenvalue weighted by Gasteiger charge is 2.19. The van der Waals surface area contributed by atoms with Crippen molar-refractivity contribution in [1.29, 1.82) is 0 Å². The van der Waals surface area contributed by atoms with E-state index < -0.39 is 0 Å². The highest BCUT2D eigenvalue weighted by atomic mass is 16.5. The summed E-state index contributed by atoms with van der Waals surface area (Å²) < 4.78 is 9.91. The minimum Gasteiger partial charge on any atom is -0.467 e. The number of rotatable bonds is 4. The highest BCUT2D eigenvalue weighted by Crippen LogP contribution is 2.11. The number of esters is 1. The van der Waals surface area contributed by atoms with Crippen LogP contribution in [0.25, 0.3) is 0 Å². The van der Waals surface area contributed by atoms with Gasteiger partial charge in [0.25, 0.3) is 0 Å². The Morgan fingerprint density at radius 3 is 3.18 bits per heavy atom. The Morgan fingerprint density at radius 2 is 2.53 bits per heavy atom. The number of hydrogen-bond acceptors (Lipinski definition) is 5. The van der Waals surface area contributed by atoms with Crippen molar-refractivity contribution < 1.29 is 13.9 Å². The van der Waals surface area contributed by atoms with Crippen LogP contribution in [0.2, 0.25) is 0 Å². The summed E-state index contributed by atoms with van der Waals surface area (Å²) in [5.74, 6) is 0.403. The van der Waals surface area contributed by atoms with Crippen molar-refractivity contribution in [3.63, 3.8) is 0 Å². The zero-order chi connectivity index (χ0) is 12.3. The second-order valence-electron chi connectivity index (χ2n) is 4.42. The van der Waals surface area contributed by atoms with E-state index in [1.807, 2.05) is 0 Å². The van der Waals surface area contributed by atoms with Crippen LogP contribution >= 0.6 is 0 Å². The Morgan fingerprint density at radius 1 is 1.71 bits per heavy atom. The monoisotopic (exact) mass is 238 g/mol. The normalized spacial score (nSPS) is 20.7. The summed E-state index contributed by atoms with van der Waals surface area (Å²) in [6.07, 6.45) is 2.59. The van der Waals surface area contributed by atoms with Crippen LogP contribution < -0.4 is 5.32 Å². The third-order valence-electron chi connectivity index (χ3n) is 3.03. The van der Waals surface area contributed by atoms with Crippen molar-refractivity contribution in [2.45, 2.75) is 19.0 Å². The van der Waals surface area contributed by atoms with Gasteiger partial charge in [-0.3, -0.25) is 0 Å².